The predicted octanol–water partition coefficient (Wildman–Crippen LogP) is 2.99. The van der Waals surface area contributed by atoms with E-state index in [9.17, 15) is 9.59 Å². The third-order valence-electron chi connectivity index (χ3n) is 2.76. The fraction of sp³-hybridized carbons (Fsp3) is 0.429. The van der Waals surface area contributed by atoms with Crippen LogP contribution in [0.3, 0.4) is 0 Å². The Morgan fingerprint density at radius 3 is 2.50 bits per heavy atom. The topological polar surface area (TPSA) is 69.6 Å². The number of hydrogen-bond donors (Lipinski definition) is 2. The van der Waals surface area contributed by atoms with E-state index >= 15 is 0 Å². The summed E-state index contributed by atoms with van der Waals surface area (Å²) >= 11 is 5.93. The molecule has 0 aliphatic rings. The van der Waals surface area contributed by atoms with Crippen molar-refractivity contribution >= 4 is 34.9 Å². The minimum atomic E-state index is -0.838. The number of aliphatic carboxylic acids is 1. The quantitative estimate of drug-likeness (QED) is 0.759. The molecule has 0 unspecified atom stereocenters. The zero-order valence-corrected chi connectivity index (χ0v) is 12.4. The standard InChI is InChI=1S/C14H19ClN2O3/c1-17(2)12-8-7-10(15)9-11(12)16-13(18)5-3-4-6-14(19)20/h7-9H,3-6H2,1-2H3,(H,16,18)(H,19,20). The Bertz CT molecular complexity index is 489. The lowest BCUT2D eigenvalue weighted by molar-refractivity contribution is -0.137. The monoisotopic (exact) mass is 298 g/mol. The highest BCUT2D eigenvalue weighted by Gasteiger charge is 2.09. The van der Waals surface area contributed by atoms with Gasteiger partial charge in [-0.3, -0.25) is 9.59 Å². The maximum Gasteiger partial charge on any atom is 0.303 e. The van der Waals surface area contributed by atoms with Crippen LogP contribution in [0.15, 0.2) is 18.2 Å². The van der Waals surface area contributed by atoms with Crippen molar-refractivity contribution in [1.82, 2.24) is 0 Å². The summed E-state index contributed by atoms with van der Waals surface area (Å²) < 4.78 is 0. The maximum atomic E-state index is 11.8. The summed E-state index contributed by atoms with van der Waals surface area (Å²) in [5, 5.41) is 11.9. The molecule has 1 aromatic carbocycles. The van der Waals surface area contributed by atoms with Crippen LogP contribution < -0.4 is 10.2 Å². The molecule has 0 heterocycles. The van der Waals surface area contributed by atoms with Crippen molar-refractivity contribution in [2.24, 2.45) is 0 Å². The molecule has 0 radical (unpaired) electrons. The second kappa shape index (κ2) is 7.75. The van der Waals surface area contributed by atoms with Crippen LogP contribution in [0.4, 0.5) is 11.4 Å². The fourth-order valence-corrected chi connectivity index (χ4v) is 1.94. The molecular formula is C14H19ClN2O3. The van der Waals surface area contributed by atoms with Gasteiger partial charge in [0.15, 0.2) is 0 Å². The van der Waals surface area contributed by atoms with Crippen LogP contribution in [0.1, 0.15) is 25.7 Å². The molecule has 2 N–H and O–H groups in total. The third-order valence-corrected chi connectivity index (χ3v) is 2.99. The number of rotatable bonds is 7. The van der Waals surface area contributed by atoms with E-state index in [4.69, 9.17) is 16.7 Å². The zero-order valence-electron chi connectivity index (χ0n) is 11.6. The molecule has 0 bridgehead atoms. The van der Waals surface area contributed by atoms with Crippen molar-refractivity contribution < 1.29 is 14.7 Å². The number of nitrogens with zero attached hydrogens (tertiary/aromatic N) is 1. The number of hydrogen-bond acceptors (Lipinski definition) is 3. The SMILES string of the molecule is CN(C)c1ccc(Cl)cc1NC(=O)CCCCC(=O)O. The Labute approximate surface area is 123 Å². The molecule has 0 atom stereocenters. The first-order valence-corrected chi connectivity index (χ1v) is 6.76. The van der Waals surface area contributed by atoms with Gasteiger partial charge in [-0.2, -0.15) is 0 Å². The van der Waals surface area contributed by atoms with Crippen LogP contribution in [0.25, 0.3) is 0 Å². The summed E-state index contributed by atoms with van der Waals surface area (Å²) in [6.07, 6.45) is 1.44. The van der Waals surface area contributed by atoms with Crippen LogP contribution in [0, 0.1) is 0 Å². The highest BCUT2D eigenvalue weighted by atomic mass is 35.5. The average molecular weight is 299 g/mol. The highest BCUT2D eigenvalue weighted by molar-refractivity contribution is 6.31. The van der Waals surface area contributed by atoms with Crippen LogP contribution in [-0.2, 0) is 9.59 Å². The maximum absolute atomic E-state index is 11.8. The summed E-state index contributed by atoms with van der Waals surface area (Å²) in [6, 6.07) is 5.30. The van der Waals surface area contributed by atoms with E-state index in [1.165, 1.54) is 0 Å². The number of carbonyl (C=O) groups excluding carboxylic acids is 1. The average Bonchev–Trinajstić information content (AvgIpc) is 2.34. The largest absolute Gasteiger partial charge is 0.481 e. The summed E-state index contributed by atoms with van der Waals surface area (Å²) in [7, 11) is 3.76. The molecule has 6 heteroatoms. The molecule has 0 fully saturated rings. The molecule has 0 aliphatic heterocycles. The highest BCUT2D eigenvalue weighted by Crippen LogP contribution is 2.27. The van der Waals surface area contributed by atoms with E-state index in [1.807, 2.05) is 25.1 Å². The van der Waals surface area contributed by atoms with Crippen molar-refractivity contribution in [3.63, 3.8) is 0 Å². The number of unbranched alkanes of at least 4 members (excludes halogenated alkanes) is 1. The third kappa shape index (κ3) is 5.48. The van der Waals surface area contributed by atoms with Crippen molar-refractivity contribution in [2.75, 3.05) is 24.3 Å². The van der Waals surface area contributed by atoms with E-state index in [-0.39, 0.29) is 12.3 Å². The fourth-order valence-electron chi connectivity index (χ4n) is 1.77. The van der Waals surface area contributed by atoms with Crippen LogP contribution in [0.5, 0.6) is 0 Å². The Kier molecular flexibility index (Phi) is 6.31. The van der Waals surface area contributed by atoms with Crippen LogP contribution in [-0.4, -0.2) is 31.1 Å². The first-order chi connectivity index (χ1) is 9.40. The molecular weight excluding hydrogens is 280 g/mol. The Morgan fingerprint density at radius 1 is 1.25 bits per heavy atom. The molecule has 0 aromatic heterocycles. The summed E-state index contributed by atoms with van der Waals surface area (Å²) in [5.74, 6) is -0.976. The van der Waals surface area contributed by atoms with Crippen LogP contribution in [0.2, 0.25) is 5.02 Å². The van der Waals surface area contributed by atoms with E-state index in [2.05, 4.69) is 5.32 Å². The summed E-state index contributed by atoms with van der Waals surface area (Å²) in [6.45, 7) is 0. The van der Waals surface area contributed by atoms with Crippen molar-refractivity contribution in [3.8, 4) is 0 Å². The van der Waals surface area contributed by atoms with Gasteiger partial charge in [-0.1, -0.05) is 11.6 Å². The number of amides is 1. The van der Waals surface area contributed by atoms with Crippen molar-refractivity contribution in [3.05, 3.63) is 23.2 Å². The van der Waals surface area contributed by atoms with Crippen LogP contribution >= 0.6 is 11.6 Å². The lowest BCUT2D eigenvalue weighted by Gasteiger charge is -2.18. The molecule has 110 valence electrons. The van der Waals surface area contributed by atoms with Gasteiger partial charge < -0.3 is 15.3 Å². The van der Waals surface area contributed by atoms with E-state index < -0.39 is 5.97 Å². The first-order valence-electron chi connectivity index (χ1n) is 6.38. The molecule has 5 nitrogen and oxygen atoms in total. The lowest BCUT2D eigenvalue weighted by Crippen LogP contribution is -2.16. The van der Waals surface area contributed by atoms with Gasteiger partial charge in [0.25, 0.3) is 0 Å². The van der Waals surface area contributed by atoms with E-state index in [0.717, 1.165) is 5.69 Å². The number of halogens is 1. The molecule has 0 aliphatic carbocycles. The van der Waals surface area contributed by atoms with Crippen molar-refractivity contribution in [2.45, 2.75) is 25.7 Å². The Morgan fingerprint density at radius 2 is 1.90 bits per heavy atom. The molecule has 20 heavy (non-hydrogen) atoms. The summed E-state index contributed by atoms with van der Waals surface area (Å²) in [5.41, 5.74) is 1.53. The van der Waals surface area contributed by atoms with E-state index in [1.54, 1.807) is 12.1 Å². The molecule has 1 amide bonds. The van der Waals surface area contributed by atoms with Gasteiger partial charge in [0.05, 0.1) is 11.4 Å². The van der Waals surface area contributed by atoms with Gasteiger partial charge >= 0.3 is 5.97 Å². The summed E-state index contributed by atoms with van der Waals surface area (Å²) in [4.78, 5) is 24.1. The number of anilines is 2. The number of carboxylic acids is 1. The minimum Gasteiger partial charge on any atom is -0.481 e. The molecule has 0 spiro atoms. The second-order valence-electron chi connectivity index (χ2n) is 4.70. The first kappa shape index (κ1) is 16.3. The molecule has 0 saturated carbocycles. The number of benzene rings is 1. The van der Waals surface area contributed by atoms with Gasteiger partial charge in [0.1, 0.15) is 0 Å². The lowest BCUT2D eigenvalue weighted by atomic mass is 10.2. The van der Waals surface area contributed by atoms with Gasteiger partial charge in [-0.15, -0.1) is 0 Å². The number of carbonyl (C=O) groups is 2. The molecule has 0 saturated heterocycles. The molecule has 1 aromatic rings. The van der Waals surface area contributed by atoms with E-state index in [0.29, 0.717) is 30.0 Å². The minimum absolute atomic E-state index is 0.0907. The smallest absolute Gasteiger partial charge is 0.303 e. The second-order valence-corrected chi connectivity index (χ2v) is 5.14. The Balaban J connectivity index is 2.57. The van der Waals surface area contributed by atoms with Gasteiger partial charge in [0.2, 0.25) is 5.91 Å². The van der Waals surface area contributed by atoms with Gasteiger partial charge in [-0.05, 0) is 31.0 Å². The normalized spacial score (nSPS) is 10.2. The van der Waals surface area contributed by atoms with Crippen molar-refractivity contribution in [1.29, 1.82) is 0 Å². The van der Waals surface area contributed by atoms with Gasteiger partial charge in [-0.25, -0.2) is 0 Å². The number of nitrogens with one attached hydrogen (secondary N) is 1. The Hall–Kier alpha value is -1.75. The number of carboxylic acid groups (broad SMARTS) is 1. The molecule has 1 rings (SSSR count). The van der Waals surface area contributed by atoms with Gasteiger partial charge in [0, 0.05) is 32.0 Å². The predicted molar refractivity (Wildman–Crippen MR) is 80.5 cm³/mol. The zero-order chi connectivity index (χ0) is 15.1.